The summed E-state index contributed by atoms with van der Waals surface area (Å²) in [5.41, 5.74) is 1.34. The zero-order chi connectivity index (χ0) is 12.9. The van der Waals surface area contributed by atoms with Crippen LogP contribution >= 0.6 is 0 Å². The van der Waals surface area contributed by atoms with Crippen LogP contribution in [0.2, 0.25) is 0 Å². The Morgan fingerprint density at radius 1 is 1.16 bits per heavy atom. The van der Waals surface area contributed by atoms with Crippen molar-refractivity contribution < 1.29 is 4.74 Å². The Bertz CT molecular complexity index is 395. The molecule has 1 saturated heterocycles. The first-order valence-corrected chi connectivity index (χ1v) is 7.72. The normalized spacial score (nSPS) is 21.7. The minimum Gasteiger partial charge on any atom is -0.477 e. The van der Waals surface area contributed by atoms with E-state index in [0.717, 1.165) is 25.6 Å². The third-order valence-electron chi connectivity index (χ3n) is 4.51. The smallest absolute Gasteiger partial charge is 0.216 e. The van der Waals surface area contributed by atoms with Crippen LogP contribution in [0.4, 0.5) is 0 Å². The maximum atomic E-state index is 6.05. The molecule has 0 aromatic carbocycles. The number of nitrogens with zero attached hydrogens (tertiary/aromatic N) is 1. The molecule has 19 heavy (non-hydrogen) atoms. The van der Waals surface area contributed by atoms with Crippen molar-refractivity contribution in [1.82, 2.24) is 10.3 Å². The summed E-state index contributed by atoms with van der Waals surface area (Å²) in [7, 11) is 0. The molecule has 0 atom stereocenters. The predicted molar refractivity (Wildman–Crippen MR) is 76.5 cm³/mol. The number of piperidine rings is 1. The average molecular weight is 260 g/mol. The number of ether oxygens (including phenoxy) is 1. The van der Waals surface area contributed by atoms with Crippen LogP contribution in [-0.4, -0.2) is 24.7 Å². The first kappa shape index (κ1) is 12.9. The minimum absolute atomic E-state index is 0.678. The maximum absolute atomic E-state index is 6.05. The van der Waals surface area contributed by atoms with Gasteiger partial charge >= 0.3 is 0 Å². The van der Waals surface area contributed by atoms with Crippen LogP contribution in [0.15, 0.2) is 18.3 Å². The topological polar surface area (TPSA) is 34.1 Å². The largest absolute Gasteiger partial charge is 0.477 e. The molecular weight excluding hydrogens is 236 g/mol. The van der Waals surface area contributed by atoms with Crippen LogP contribution in [0.25, 0.3) is 0 Å². The van der Waals surface area contributed by atoms with Gasteiger partial charge in [-0.05, 0) is 56.7 Å². The molecule has 1 aromatic rings. The van der Waals surface area contributed by atoms with Gasteiger partial charge in [0.2, 0.25) is 5.88 Å². The van der Waals surface area contributed by atoms with Crippen LogP contribution in [0, 0.1) is 5.92 Å². The molecule has 104 valence electrons. The molecule has 1 aromatic heterocycles. The molecule has 0 amide bonds. The molecule has 1 aliphatic heterocycles. The molecule has 0 radical (unpaired) electrons. The van der Waals surface area contributed by atoms with Crippen molar-refractivity contribution in [2.24, 2.45) is 5.92 Å². The summed E-state index contributed by atoms with van der Waals surface area (Å²) in [6.45, 7) is 3.09. The van der Waals surface area contributed by atoms with Crippen LogP contribution in [-0.2, 0) is 0 Å². The lowest BCUT2D eigenvalue weighted by atomic mass is 9.98. The third-order valence-corrected chi connectivity index (χ3v) is 4.51. The van der Waals surface area contributed by atoms with Crippen molar-refractivity contribution in [2.75, 3.05) is 19.7 Å². The Balaban J connectivity index is 1.62. The average Bonchev–Trinajstić information content (AvgIpc) is 3.01. The molecule has 1 saturated carbocycles. The van der Waals surface area contributed by atoms with Gasteiger partial charge in [-0.15, -0.1) is 0 Å². The zero-order valence-electron chi connectivity index (χ0n) is 11.6. The van der Waals surface area contributed by atoms with E-state index < -0.39 is 0 Å². The highest BCUT2D eigenvalue weighted by molar-refractivity contribution is 5.30. The summed E-state index contributed by atoms with van der Waals surface area (Å²) in [4.78, 5) is 4.47. The molecule has 3 heteroatoms. The molecule has 0 spiro atoms. The number of nitrogens with one attached hydrogen (secondary N) is 1. The summed E-state index contributed by atoms with van der Waals surface area (Å²) < 4.78 is 6.05. The van der Waals surface area contributed by atoms with E-state index in [0.29, 0.717) is 11.8 Å². The zero-order valence-corrected chi connectivity index (χ0v) is 11.6. The van der Waals surface area contributed by atoms with E-state index in [1.54, 1.807) is 0 Å². The Morgan fingerprint density at radius 3 is 2.74 bits per heavy atom. The highest BCUT2D eigenvalue weighted by atomic mass is 16.5. The van der Waals surface area contributed by atoms with E-state index in [9.17, 15) is 0 Å². The lowest BCUT2D eigenvalue weighted by Gasteiger charge is -2.23. The van der Waals surface area contributed by atoms with Gasteiger partial charge in [-0.2, -0.15) is 0 Å². The number of pyridine rings is 1. The van der Waals surface area contributed by atoms with E-state index in [4.69, 9.17) is 4.74 Å². The van der Waals surface area contributed by atoms with Gasteiger partial charge in [0.15, 0.2) is 0 Å². The molecule has 0 unspecified atom stereocenters. The second kappa shape index (κ2) is 6.38. The molecular formula is C16H24N2O. The third kappa shape index (κ3) is 3.27. The monoisotopic (exact) mass is 260 g/mol. The lowest BCUT2D eigenvalue weighted by Crippen LogP contribution is -2.30. The van der Waals surface area contributed by atoms with Gasteiger partial charge in [-0.3, -0.25) is 0 Å². The van der Waals surface area contributed by atoms with Crippen LogP contribution < -0.4 is 10.1 Å². The predicted octanol–water partition coefficient (Wildman–Crippen LogP) is 3.12. The number of hydrogen-bond donors (Lipinski definition) is 1. The van der Waals surface area contributed by atoms with Crippen LogP contribution in [0.1, 0.15) is 50.0 Å². The summed E-state index contributed by atoms with van der Waals surface area (Å²) in [5.74, 6) is 2.27. The van der Waals surface area contributed by atoms with Gasteiger partial charge in [0.25, 0.3) is 0 Å². The Morgan fingerprint density at radius 2 is 1.95 bits per heavy atom. The fourth-order valence-electron chi connectivity index (χ4n) is 3.32. The van der Waals surface area contributed by atoms with E-state index in [2.05, 4.69) is 16.4 Å². The number of rotatable bonds is 4. The molecule has 2 heterocycles. The van der Waals surface area contributed by atoms with Crippen LogP contribution in [0.5, 0.6) is 5.88 Å². The lowest BCUT2D eigenvalue weighted by molar-refractivity contribution is 0.206. The first-order valence-electron chi connectivity index (χ1n) is 7.72. The van der Waals surface area contributed by atoms with Crippen molar-refractivity contribution in [3.8, 4) is 5.88 Å². The van der Waals surface area contributed by atoms with Gasteiger partial charge in [-0.1, -0.05) is 18.9 Å². The molecule has 2 fully saturated rings. The molecule has 2 aliphatic rings. The van der Waals surface area contributed by atoms with Gasteiger partial charge in [0.05, 0.1) is 6.61 Å². The Kier molecular flexibility index (Phi) is 4.34. The van der Waals surface area contributed by atoms with E-state index >= 15 is 0 Å². The molecule has 3 rings (SSSR count). The molecule has 1 aliphatic carbocycles. The summed E-state index contributed by atoms with van der Waals surface area (Å²) >= 11 is 0. The quantitative estimate of drug-likeness (QED) is 0.903. The second-order valence-electron chi connectivity index (χ2n) is 5.88. The van der Waals surface area contributed by atoms with E-state index in [1.807, 2.05) is 12.3 Å². The van der Waals surface area contributed by atoms with Crippen molar-refractivity contribution in [3.63, 3.8) is 0 Å². The molecule has 3 nitrogen and oxygen atoms in total. The Labute approximate surface area is 115 Å². The summed E-state index contributed by atoms with van der Waals surface area (Å²) in [6.07, 6.45) is 9.62. The summed E-state index contributed by atoms with van der Waals surface area (Å²) in [6, 6.07) is 4.26. The van der Waals surface area contributed by atoms with Crippen molar-refractivity contribution >= 4 is 0 Å². The summed E-state index contributed by atoms with van der Waals surface area (Å²) in [5, 5.41) is 3.40. The van der Waals surface area contributed by atoms with Crippen molar-refractivity contribution in [3.05, 3.63) is 23.9 Å². The van der Waals surface area contributed by atoms with E-state index in [-0.39, 0.29) is 0 Å². The first-order chi connectivity index (χ1) is 9.43. The minimum atomic E-state index is 0.678. The number of hydrogen-bond acceptors (Lipinski definition) is 3. The number of aromatic nitrogens is 1. The highest BCUT2D eigenvalue weighted by Gasteiger charge is 2.22. The standard InChI is InChI=1S/C16H24N2O/c1-2-5-14(4-1)15-6-3-9-18-16(15)19-12-13-7-10-17-11-8-13/h3,6,9,13-14,17H,1-2,4-5,7-8,10-12H2. The second-order valence-corrected chi connectivity index (χ2v) is 5.88. The van der Waals surface area contributed by atoms with Crippen molar-refractivity contribution in [2.45, 2.75) is 44.4 Å². The van der Waals surface area contributed by atoms with Crippen molar-refractivity contribution in [1.29, 1.82) is 0 Å². The van der Waals surface area contributed by atoms with Gasteiger partial charge < -0.3 is 10.1 Å². The Hall–Kier alpha value is -1.09. The van der Waals surface area contributed by atoms with Gasteiger partial charge in [0, 0.05) is 11.8 Å². The van der Waals surface area contributed by atoms with Crippen LogP contribution in [0.3, 0.4) is 0 Å². The SMILES string of the molecule is c1cnc(OCC2CCNCC2)c(C2CCCC2)c1. The van der Waals surface area contributed by atoms with Gasteiger partial charge in [0.1, 0.15) is 0 Å². The fourth-order valence-corrected chi connectivity index (χ4v) is 3.32. The fraction of sp³-hybridized carbons (Fsp3) is 0.688. The van der Waals surface area contributed by atoms with E-state index in [1.165, 1.54) is 44.1 Å². The maximum Gasteiger partial charge on any atom is 0.216 e. The van der Waals surface area contributed by atoms with Gasteiger partial charge in [-0.25, -0.2) is 4.98 Å². The molecule has 0 bridgehead atoms. The molecule has 1 N–H and O–H groups in total. The highest BCUT2D eigenvalue weighted by Crippen LogP contribution is 2.37.